The Kier molecular flexibility index (Phi) is 5.63. The van der Waals surface area contributed by atoms with Crippen LogP contribution in [0.25, 0.3) is 28.5 Å². The Labute approximate surface area is 179 Å². The Morgan fingerprint density at radius 1 is 1.04 bits per heavy atom. The van der Waals surface area contributed by atoms with E-state index in [4.69, 9.17) is 4.98 Å². The predicted molar refractivity (Wildman–Crippen MR) is 124 cm³/mol. The largest absolute Gasteiger partial charge is 0.252 e. The zero-order valence-corrected chi connectivity index (χ0v) is 18.3. The first kappa shape index (κ1) is 19.3. The molecule has 0 saturated carbocycles. The van der Waals surface area contributed by atoms with Crippen LogP contribution in [0.2, 0.25) is 0 Å². The zero-order chi connectivity index (χ0) is 19.7. The first-order chi connectivity index (χ1) is 13.6. The molecular formula is C25H23FIN. The lowest BCUT2D eigenvalue weighted by Crippen LogP contribution is -2.06. The number of hydrogen-bond donors (Lipinski definition) is 0. The van der Waals surface area contributed by atoms with Crippen molar-refractivity contribution in [3.8, 4) is 22.4 Å². The summed E-state index contributed by atoms with van der Waals surface area (Å²) in [6.07, 6.45) is 5.28. The number of rotatable bonds is 3. The van der Waals surface area contributed by atoms with E-state index < -0.39 is 0 Å². The van der Waals surface area contributed by atoms with E-state index >= 15 is 0 Å². The van der Waals surface area contributed by atoms with Gasteiger partial charge in [-0.2, -0.15) is 0 Å². The minimum atomic E-state index is -0.204. The summed E-state index contributed by atoms with van der Waals surface area (Å²) in [7, 11) is 0. The van der Waals surface area contributed by atoms with E-state index in [-0.39, 0.29) is 5.82 Å². The van der Waals surface area contributed by atoms with Gasteiger partial charge in [-0.25, -0.2) is 4.39 Å². The Balaban J connectivity index is 2.11. The van der Waals surface area contributed by atoms with Crippen LogP contribution in [0.5, 0.6) is 0 Å². The maximum atomic E-state index is 13.6. The second-order valence-corrected chi connectivity index (χ2v) is 8.30. The fraction of sp³-hybridized carbons (Fsp3) is 0.240. The van der Waals surface area contributed by atoms with Crippen molar-refractivity contribution in [2.24, 2.45) is 0 Å². The summed E-state index contributed by atoms with van der Waals surface area (Å²) < 4.78 is 15.7. The van der Waals surface area contributed by atoms with E-state index in [2.05, 4.69) is 66.8 Å². The molecule has 1 heterocycles. The van der Waals surface area contributed by atoms with Crippen LogP contribution in [0.3, 0.4) is 0 Å². The Morgan fingerprint density at radius 2 is 1.79 bits per heavy atom. The van der Waals surface area contributed by atoms with Crippen molar-refractivity contribution < 1.29 is 4.39 Å². The van der Waals surface area contributed by atoms with Crippen LogP contribution in [-0.2, 0) is 12.8 Å². The van der Waals surface area contributed by atoms with Gasteiger partial charge in [0.25, 0.3) is 0 Å². The van der Waals surface area contributed by atoms with Crippen LogP contribution in [0, 0.1) is 5.82 Å². The molecule has 0 bridgehead atoms. The number of aromatic nitrogens is 1. The molecule has 3 heteroatoms. The molecule has 1 nitrogen and oxygen atoms in total. The topological polar surface area (TPSA) is 12.9 Å². The molecule has 0 fully saturated rings. The molecule has 28 heavy (non-hydrogen) atoms. The molecule has 0 atom stereocenters. The molecule has 1 aliphatic rings. The number of hydrogen-bond acceptors (Lipinski definition) is 1. The van der Waals surface area contributed by atoms with Gasteiger partial charge >= 0.3 is 0 Å². The highest BCUT2D eigenvalue weighted by Crippen LogP contribution is 2.41. The average molecular weight is 483 g/mol. The second-order valence-electron chi connectivity index (χ2n) is 7.58. The van der Waals surface area contributed by atoms with E-state index in [1.54, 1.807) is 12.1 Å². The number of fused-ring (bicyclic) bond motifs is 3. The molecule has 0 aliphatic heterocycles. The number of benzene rings is 2. The van der Waals surface area contributed by atoms with Crippen molar-refractivity contribution in [3.05, 3.63) is 80.8 Å². The number of halogens is 2. The summed E-state index contributed by atoms with van der Waals surface area (Å²) in [5.41, 5.74) is 9.52. The molecule has 0 amide bonds. The van der Waals surface area contributed by atoms with Gasteiger partial charge in [0.05, 0.1) is 11.4 Å². The summed E-state index contributed by atoms with van der Waals surface area (Å²) in [6, 6.07) is 15.5. The molecule has 3 aromatic rings. The Morgan fingerprint density at radius 3 is 2.50 bits per heavy atom. The van der Waals surface area contributed by atoms with E-state index in [9.17, 15) is 4.39 Å². The highest BCUT2D eigenvalue weighted by Gasteiger charge is 2.24. The first-order valence-electron chi connectivity index (χ1n) is 9.78. The van der Waals surface area contributed by atoms with Gasteiger partial charge in [-0.1, -0.05) is 72.8 Å². The van der Waals surface area contributed by atoms with Crippen LogP contribution >= 0.6 is 22.6 Å². The molecule has 0 N–H and O–H groups in total. The minimum Gasteiger partial charge on any atom is -0.252 e. The van der Waals surface area contributed by atoms with Gasteiger partial charge in [0.15, 0.2) is 0 Å². The van der Waals surface area contributed by atoms with Crippen LogP contribution in [0.1, 0.15) is 48.6 Å². The Hall–Kier alpha value is -2.01. The SMILES string of the molecule is CC(C)c1nc2c(c(-c3ccc(F)cc3)c1C=CI)CCCc1ccccc1-2. The Bertz CT molecular complexity index is 1040. The van der Waals surface area contributed by atoms with Gasteiger partial charge in [-0.15, -0.1) is 0 Å². The van der Waals surface area contributed by atoms with Crippen molar-refractivity contribution in [1.82, 2.24) is 4.98 Å². The quantitative estimate of drug-likeness (QED) is 0.350. The minimum absolute atomic E-state index is 0.204. The van der Waals surface area contributed by atoms with Gasteiger partial charge in [-0.3, -0.25) is 4.98 Å². The first-order valence-corrected chi connectivity index (χ1v) is 11.0. The lowest BCUT2D eigenvalue weighted by molar-refractivity contribution is 0.628. The van der Waals surface area contributed by atoms with Gasteiger partial charge < -0.3 is 0 Å². The smallest absolute Gasteiger partial charge is 0.123 e. The van der Waals surface area contributed by atoms with Crippen LogP contribution in [0.15, 0.2) is 52.6 Å². The van der Waals surface area contributed by atoms with E-state index in [0.29, 0.717) is 5.92 Å². The summed E-state index contributed by atoms with van der Waals surface area (Å²) in [4.78, 5) is 5.21. The molecule has 0 unspecified atom stereocenters. The maximum Gasteiger partial charge on any atom is 0.123 e. The lowest BCUT2D eigenvalue weighted by Gasteiger charge is -2.21. The highest BCUT2D eigenvalue weighted by molar-refractivity contribution is 14.1. The van der Waals surface area contributed by atoms with Crippen LogP contribution in [-0.4, -0.2) is 4.98 Å². The molecule has 1 aromatic heterocycles. The fourth-order valence-corrected chi connectivity index (χ4v) is 4.53. The molecular weight excluding hydrogens is 460 g/mol. The second kappa shape index (κ2) is 8.16. The standard InChI is InChI=1S/C25H23FIN/c1-16(2)24-22(14-15-27)23(18-10-12-19(26)13-11-18)21-9-5-7-17-6-3-4-8-20(17)25(21)28-24/h3-4,6,8,10-16H,5,7,9H2,1-2H3. The van der Waals surface area contributed by atoms with Crippen LogP contribution < -0.4 is 0 Å². The van der Waals surface area contributed by atoms with Gasteiger partial charge in [0.2, 0.25) is 0 Å². The number of pyridine rings is 1. The van der Waals surface area contributed by atoms with Gasteiger partial charge in [-0.05, 0) is 69.7 Å². The van der Waals surface area contributed by atoms with E-state index in [1.807, 2.05) is 16.2 Å². The molecule has 0 saturated heterocycles. The zero-order valence-electron chi connectivity index (χ0n) is 16.2. The van der Waals surface area contributed by atoms with Crippen molar-refractivity contribution in [2.75, 3.05) is 0 Å². The third-order valence-electron chi connectivity index (χ3n) is 5.42. The average Bonchev–Trinajstić information content (AvgIpc) is 2.87. The van der Waals surface area contributed by atoms with Gasteiger partial charge in [0.1, 0.15) is 5.82 Å². The summed E-state index contributed by atoms with van der Waals surface area (Å²) >= 11 is 2.27. The van der Waals surface area contributed by atoms with Gasteiger partial charge in [0, 0.05) is 11.1 Å². The maximum absolute atomic E-state index is 13.6. The fourth-order valence-electron chi connectivity index (χ4n) is 4.17. The summed E-state index contributed by atoms with van der Waals surface area (Å²) in [5, 5.41) is 0. The van der Waals surface area contributed by atoms with Crippen molar-refractivity contribution >= 4 is 28.7 Å². The molecule has 1 aliphatic carbocycles. The highest BCUT2D eigenvalue weighted by atomic mass is 127. The third kappa shape index (κ3) is 3.52. The third-order valence-corrected chi connectivity index (χ3v) is 5.78. The normalized spacial score (nSPS) is 13.5. The van der Waals surface area contributed by atoms with Crippen molar-refractivity contribution in [3.63, 3.8) is 0 Å². The van der Waals surface area contributed by atoms with Crippen LogP contribution in [0.4, 0.5) is 4.39 Å². The molecule has 0 spiro atoms. The summed E-state index contributed by atoms with van der Waals surface area (Å²) in [6.45, 7) is 4.38. The van der Waals surface area contributed by atoms with E-state index in [0.717, 1.165) is 41.8 Å². The lowest BCUT2D eigenvalue weighted by atomic mass is 9.87. The number of nitrogens with zero attached hydrogens (tertiary/aromatic N) is 1. The molecule has 0 radical (unpaired) electrons. The molecule has 2 aromatic carbocycles. The van der Waals surface area contributed by atoms with Crippen molar-refractivity contribution in [2.45, 2.75) is 39.0 Å². The van der Waals surface area contributed by atoms with E-state index in [1.165, 1.54) is 22.3 Å². The molecule has 4 rings (SSSR count). The predicted octanol–water partition coefficient (Wildman–Crippen LogP) is 7.57. The number of aryl methyl sites for hydroxylation is 1. The monoisotopic (exact) mass is 483 g/mol. The summed E-state index contributed by atoms with van der Waals surface area (Å²) in [5.74, 6) is 0.0896. The molecule has 142 valence electrons. The van der Waals surface area contributed by atoms with Crippen molar-refractivity contribution in [1.29, 1.82) is 0 Å².